The van der Waals surface area contributed by atoms with Crippen molar-refractivity contribution in [2.45, 2.75) is 50.4 Å². The molecule has 1 aliphatic heterocycles. The van der Waals surface area contributed by atoms with Crippen molar-refractivity contribution in [3.8, 4) is 11.5 Å². The monoisotopic (exact) mass is 392 g/mol. The molecule has 0 bridgehead atoms. The van der Waals surface area contributed by atoms with E-state index in [0.717, 1.165) is 31.2 Å². The van der Waals surface area contributed by atoms with Gasteiger partial charge in [-0.15, -0.1) is 0 Å². The highest BCUT2D eigenvalue weighted by molar-refractivity contribution is 5.94. The maximum atomic E-state index is 13.2. The predicted molar refractivity (Wildman–Crippen MR) is 107 cm³/mol. The Kier molecular flexibility index (Phi) is 4.62. The molecule has 0 spiro atoms. The molecule has 29 heavy (non-hydrogen) atoms. The predicted octanol–water partition coefficient (Wildman–Crippen LogP) is 2.91. The van der Waals surface area contributed by atoms with Crippen LogP contribution >= 0.6 is 0 Å². The third-order valence-corrected chi connectivity index (χ3v) is 5.54. The number of fused-ring (bicyclic) bond motifs is 1. The van der Waals surface area contributed by atoms with E-state index in [1.54, 1.807) is 0 Å². The lowest BCUT2D eigenvalue weighted by Crippen LogP contribution is -2.47. The van der Waals surface area contributed by atoms with Crippen LogP contribution in [0, 0.1) is 0 Å². The highest BCUT2D eigenvalue weighted by Gasteiger charge is 2.38. The van der Waals surface area contributed by atoms with E-state index in [2.05, 4.69) is 5.32 Å². The summed E-state index contributed by atoms with van der Waals surface area (Å²) in [6.45, 7) is 0.731. The summed E-state index contributed by atoms with van der Waals surface area (Å²) in [5.74, 6) is 1.21. The molecule has 2 aliphatic carbocycles. The van der Waals surface area contributed by atoms with Crippen molar-refractivity contribution in [2.75, 3.05) is 6.61 Å². The molecule has 2 amide bonds. The average Bonchev–Trinajstić information content (AvgIpc) is 3.67. The quantitative estimate of drug-likeness (QED) is 0.821. The van der Waals surface area contributed by atoms with Gasteiger partial charge >= 0.3 is 0 Å². The molecule has 2 fully saturated rings. The van der Waals surface area contributed by atoms with Gasteiger partial charge < -0.3 is 19.7 Å². The number of nitrogens with one attached hydrogen (secondary N) is 1. The van der Waals surface area contributed by atoms with Gasteiger partial charge in [-0.2, -0.15) is 0 Å². The first-order chi connectivity index (χ1) is 14.2. The van der Waals surface area contributed by atoms with Crippen LogP contribution in [0.3, 0.4) is 0 Å². The highest BCUT2D eigenvalue weighted by Crippen LogP contribution is 2.34. The van der Waals surface area contributed by atoms with Crippen LogP contribution in [-0.2, 0) is 11.3 Å². The third kappa shape index (κ3) is 4.06. The van der Waals surface area contributed by atoms with Crippen molar-refractivity contribution < 1.29 is 19.1 Å². The fourth-order valence-electron chi connectivity index (χ4n) is 3.55. The number of para-hydroxylation sites is 2. The Morgan fingerprint density at radius 1 is 0.966 bits per heavy atom. The Balaban J connectivity index is 1.26. The van der Waals surface area contributed by atoms with E-state index >= 15 is 0 Å². The first-order valence-electron chi connectivity index (χ1n) is 10.3. The Labute approximate surface area is 169 Å². The molecule has 1 atom stereocenters. The maximum absolute atomic E-state index is 13.2. The van der Waals surface area contributed by atoms with Gasteiger partial charge in [-0.25, -0.2) is 0 Å². The van der Waals surface area contributed by atoms with Crippen molar-refractivity contribution in [1.82, 2.24) is 10.2 Å². The molecule has 2 saturated carbocycles. The lowest BCUT2D eigenvalue weighted by Gasteiger charge is -2.31. The molecule has 6 heteroatoms. The van der Waals surface area contributed by atoms with Gasteiger partial charge in [-0.1, -0.05) is 24.3 Å². The van der Waals surface area contributed by atoms with Gasteiger partial charge in [0.2, 0.25) is 6.10 Å². The molecule has 1 N–H and O–H groups in total. The standard InChI is InChI=1S/C23H24N2O4/c26-22(24-17-9-10-17)16-7-5-15(6-8-16)13-25(18-11-12-18)23(27)21-14-28-19-3-1-2-4-20(19)29-21/h1-8,17-18,21H,9-14H2,(H,24,26). The zero-order valence-corrected chi connectivity index (χ0v) is 16.2. The molecule has 1 unspecified atom stereocenters. The number of amides is 2. The maximum Gasteiger partial charge on any atom is 0.267 e. The Hall–Kier alpha value is -3.02. The van der Waals surface area contributed by atoms with Crippen LogP contribution in [0.15, 0.2) is 48.5 Å². The van der Waals surface area contributed by atoms with Crippen molar-refractivity contribution >= 4 is 11.8 Å². The fourth-order valence-corrected chi connectivity index (χ4v) is 3.55. The molecule has 0 aromatic heterocycles. The van der Waals surface area contributed by atoms with E-state index in [0.29, 0.717) is 29.6 Å². The molecular weight excluding hydrogens is 368 g/mol. The van der Waals surface area contributed by atoms with Crippen LogP contribution < -0.4 is 14.8 Å². The Bertz CT molecular complexity index is 919. The van der Waals surface area contributed by atoms with Gasteiger partial charge in [0.1, 0.15) is 6.61 Å². The minimum absolute atomic E-state index is 0.0272. The van der Waals surface area contributed by atoms with Crippen LogP contribution in [0.25, 0.3) is 0 Å². The molecule has 2 aromatic carbocycles. The van der Waals surface area contributed by atoms with Crippen LogP contribution in [0.4, 0.5) is 0 Å². The summed E-state index contributed by atoms with van der Waals surface area (Å²) in [6, 6.07) is 15.5. The van der Waals surface area contributed by atoms with Gasteiger partial charge in [-0.05, 0) is 55.5 Å². The molecule has 3 aliphatic rings. The normalized spacial score (nSPS) is 20.1. The van der Waals surface area contributed by atoms with E-state index in [1.807, 2.05) is 53.4 Å². The first-order valence-corrected chi connectivity index (χ1v) is 10.3. The van der Waals surface area contributed by atoms with Crippen LogP contribution in [-0.4, -0.2) is 41.5 Å². The highest BCUT2D eigenvalue weighted by atomic mass is 16.6. The minimum atomic E-state index is -0.630. The van der Waals surface area contributed by atoms with Crippen molar-refractivity contribution in [3.05, 3.63) is 59.7 Å². The Morgan fingerprint density at radius 3 is 2.38 bits per heavy atom. The fraction of sp³-hybridized carbons (Fsp3) is 0.391. The van der Waals surface area contributed by atoms with E-state index in [-0.39, 0.29) is 24.5 Å². The number of carbonyl (C=O) groups excluding carboxylic acids is 2. The number of hydrogen-bond acceptors (Lipinski definition) is 4. The summed E-state index contributed by atoms with van der Waals surface area (Å²) in [6.07, 6.45) is 3.53. The lowest BCUT2D eigenvalue weighted by molar-refractivity contribution is -0.142. The molecule has 0 saturated heterocycles. The van der Waals surface area contributed by atoms with Gasteiger partial charge in [0.05, 0.1) is 0 Å². The number of carbonyl (C=O) groups is 2. The van der Waals surface area contributed by atoms with Gasteiger partial charge in [0, 0.05) is 24.2 Å². The van der Waals surface area contributed by atoms with E-state index < -0.39 is 6.10 Å². The van der Waals surface area contributed by atoms with E-state index in [9.17, 15) is 9.59 Å². The lowest BCUT2D eigenvalue weighted by atomic mass is 10.1. The molecule has 5 rings (SSSR count). The summed E-state index contributed by atoms with van der Waals surface area (Å²) in [7, 11) is 0. The number of hydrogen-bond donors (Lipinski definition) is 1. The van der Waals surface area contributed by atoms with Gasteiger partial charge in [0.15, 0.2) is 11.5 Å². The van der Waals surface area contributed by atoms with Crippen LogP contribution in [0.2, 0.25) is 0 Å². The number of nitrogens with zero attached hydrogens (tertiary/aromatic N) is 1. The van der Waals surface area contributed by atoms with Crippen molar-refractivity contribution in [2.24, 2.45) is 0 Å². The average molecular weight is 392 g/mol. The van der Waals surface area contributed by atoms with Crippen LogP contribution in [0.5, 0.6) is 11.5 Å². The summed E-state index contributed by atoms with van der Waals surface area (Å²) < 4.78 is 11.6. The second kappa shape index (κ2) is 7.43. The van der Waals surface area contributed by atoms with Crippen molar-refractivity contribution in [3.63, 3.8) is 0 Å². The first kappa shape index (κ1) is 18.0. The molecule has 0 radical (unpaired) electrons. The van der Waals surface area contributed by atoms with E-state index in [1.165, 1.54) is 0 Å². The number of rotatable bonds is 6. The van der Waals surface area contributed by atoms with Crippen LogP contribution in [0.1, 0.15) is 41.6 Å². The second-order valence-electron chi connectivity index (χ2n) is 8.01. The molecule has 150 valence electrons. The Morgan fingerprint density at radius 2 is 1.69 bits per heavy atom. The van der Waals surface area contributed by atoms with E-state index in [4.69, 9.17) is 9.47 Å². The minimum Gasteiger partial charge on any atom is -0.485 e. The largest absolute Gasteiger partial charge is 0.485 e. The summed E-state index contributed by atoms with van der Waals surface area (Å²) >= 11 is 0. The summed E-state index contributed by atoms with van der Waals surface area (Å²) in [4.78, 5) is 27.2. The van der Waals surface area contributed by atoms with Gasteiger partial charge in [-0.3, -0.25) is 9.59 Å². The molecule has 2 aromatic rings. The number of benzene rings is 2. The summed E-state index contributed by atoms with van der Waals surface area (Å²) in [5, 5.41) is 2.99. The smallest absolute Gasteiger partial charge is 0.267 e. The molecule has 1 heterocycles. The van der Waals surface area contributed by atoms with Gasteiger partial charge in [0.25, 0.3) is 11.8 Å². The molecule has 6 nitrogen and oxygen atoms in total. The molecular formula is C23H24N2O4. The second-order valence-corrected chi connectivity index (χ2v) is 8.01. The summed E-state index contributed by atoms with van der Waals surface area (Å²) in [5.41, 5.74) is 1.66. The third-order valence-electron chi connectivity index (χ3n) is 5.54. The number of ether oxygens (including phenoxy) is 2. The zero-order chi connectivity index (χ0) is 19.8. The zero-order valence-electron chi connectivity index (χ0n) is 16.2. The topological polar surface area (TPSA) is 67.9 Å². The SMILES string of the molecule is O=C(NC1CC1)c1ccc(CN(C(=O)C2COc3ccccc3O2)C2CC2)cc1. The van der Waals surface area contributed by atoms with Crippen molar-refractivity contribution in [1.29, 1.82) is 0 Å².